The van der Waals surface area contributed by atoms with Crippen molar-refractivity contribution in [3.05, 3.63) is 22.2 Å². The van der Waals surface area contributed by atoms with Crippen LogP contribution < -0.4 is 9.47 Å². The number of halogens is 1. The van der Waals surface area contributed by atoms with E-state index in [2.05, 4.69) is 15.9 Å². The molecule has 13 heavy (non-hydrogen) atoms. The second-order valence-corrected chi connectivity index (χ2v) is 3.32. The molecule has 70 valence electrons. The van der Waals surface area contributed by atoms with Gasteiger partial charge in [0.1, 0.15) is 11.5 Å². The Labute approximate surface area is 84.8 Å². The summed E-state index contributed by atoms with van der Waals surface area (Å²) in [5.41, 5.74) is 0.854. The van der Waals surface area contributed by atoms with Crippen molar-refractivity contribution in [2.24, 2.45) is 0 Å². The van der Waals surface area contributed by atoms with Gasteiger partial charge in [0.25, 0.3) is 6.47 Å². The average Bonchev–Trinajstić information content (AvgIpc) is 2.11. The normalized spacial score (nSPS) is 9.46. The first-order valence-electron chi connectivity index (χ1n) is 3.63. The summed E-state index contributed by atoms with van der Waals surface area (Å²) in [6.45, 7) is 2.25. The molecule has 0 atom stereocenters. The highest BCUT2D eigenvalue weighted by molar-refractivity contribution is 9.10. The van der Waals surface area contributed by atoms with E-state index in [4.69, 9.17) is 9.47 Å². The Morgan fingerprint density at radius 3 is 2.62 bits per heavy atom. The van der Waals surface area contributed by atoms with Crippen molar-refractivity contribution in [2.75, 3.05) is 7.11 Å². The lowest BCUT2D eigenvalue weighted by Crippen LogP contribution is -1.93. The van der Waals surface area contributed by atoms with Gasteiger partial charge < -0.3 is 9.47 Å². The molecule has 0 unspecified atom stereocenters. The summed E-state index contributed by atoms with van der Waals surface area (Å²) in [7, 11) is 1.58. The minimum absolute atomic E-state index is 0.404. The van der Waals surface area contributed by atoms with Gasteiger partial charge in [-0.15, -0.1) is 0 Å². The van der Waals surface area contributed by atoms with Gasteiger partial charge in [0.05, 0.1) is 11.6 Å². The van der Waals surface area contributed by atoms with Crippen molar-refractivity contribution in [3.8, 4) is 11.5 Å². The molecule has 3 nitrogen and oxygen atoms in total. The van der Waals surface area contributed by atoms with Gasteiger partial charge in [-0.1, -0.05) is 0 Å². The molecule has 0 amide bonds. The fourth-order valence-electron chi connectivity index (χ4n) is 0.972. The summed E-state index contributed by atoms with van der Waals surface area (Å²) in [6, 6.07) is 3.49. The molecule has 0 fully saturated rings. The number of hydrogen-bond donors (Lipinski definition) is 0. The van der Waals surface area contributed by atoms with Crippen LogP contribution in [0.25, 0.3) is 0 Å². The van der Waals surface area contributed by atoms with Gasteiger partial charge in [0.2, 0.25) is 0 Å². The van der Waals surface area contributed by atoms with Crippen LogP contribution in [0.2, 0.25) is 0 Å². The maximum absolute atomic E-state index is 10.1. The van der Waals surface area contributed by atoms with E-state index < -0.39 is 0 Å². The fourth-order valence-corrected chi connectivity index (χ4v) is 1.46. The van der Waals surface area contributed by atoms with E-state index >= 15 is 0 Å². The fraction of sp³-hybridized carbons (Fsp3) is 0.222. The van der Waals surface area contributed by atoms with Crippen molar-refractivity contribution in [1.82, 2.24) is 0 Å². The molecule has 0 saturated carbocycles. The van der Waals surface area contributed by atoms with E-state index in [9.17, 15) is 4.79 Å². The second kappa shape index (κ2) is 4.28. The number of rotatable bonds is 3. The first-order valence-corrected chi connectivity index (χ1v) is 4.42. The lowest BCUT2D eigenvalue weighted by atomic mass is 10.2. The third kappa shape index (κ3) is 2.21. The Hall–Kier alpha value is -1.03. The third-order valence-corrected chi connectivity index (χ3v) is 2.24. The molecule has 1 aromatic carbocycles. The molecule has 0 aliphatic rings. The standard InChI is InChI=1S/C9H9BrO3/c1-6-3-9(12-2)7(10)4-8(6)13-5-11/h3-5H,1-2H3. The summed E-state index contributed by atoms with van der Waals surface area (Å²) >= 11 is 3.29. The van der Waals surface area contributed by atoms with Crippen molar-refractivity contribution in [1.29, 1.82) is 0 Å². The number of methoxy groups -OCH3 is 1. The smallest absolute Gasteiger partial charge is 0.298 e. The van der Waals surface area contributed by atoms with Crippen LogP contribution in [-0.2, 0) is 4.79 Å². The summed E-state index contributed by atoms with van der Waals surface area (Å²) in [5.74, 6) is 1.25. The SMILES string of the molecule is COc1cc(C)c(OC=O)cc1Br. The van der Waals surface area contributed by atoms with Gasteiger partial charge in [0.15, 0.2) is 0 Å². The Kier molecular flexibility index (Phi) is 3.31. The van der Waals surface area contributed by atoms with Crippen LogP contribution in [0.4, 0.5) is 0 Å². The number of ether oxygens (including phenoxy) is 2. The van der Waals surface area contributed by atoms with Gasteiger partial charge in [0, 0.05) is 0 Å². The van der Waals surface area contributed by atoms with Crippen molar-refractivity contribution < 1.29 is 14.3 Å². The quantitative estimate of drug-likeness (QED) is 0.766. The molecule has 0 aliphatic carbocycles. The van der Waals surface area contributed by atoms with Crippen molar-refractivity contribution in [2.45, 2.75) is 6.92 Å². The number of benzene rings is 1. The average molecular weight is 245 g/mol. The van der Waals surface area contributed by atoms with Crippen LogP contribution >= 0.6 is 15.9 Å². The largest absolute Gasteiger partial charge is 0.496 e. The molecule has 0 bridgehead atoms. The van der Waals surface area contributed by atoms with Crippen LogP contribution in [0.1, 0.15) is 5.56 Å². The maximum atomic E-state index is 10.1. The highest BCUT2D eigenvalue weighted by Gasteiger charge is 2.06. The molecule has 1 rings (SSSR count). The van der Waals surface area contributed by atoms with E-state index in [1.807, 2.05) is 6.92 Å². The molecule has 0 saturated heterocycles. The monoisotopic (exact) mass is 244 g/mol. The zero-order chi connectivity index (χ0) is 9.84. The van der Waals surface area contributed by atoms with E-state index in [-0.39, 0.29) is 0 Å². The molecule has 1 aromatic rings. The predicted octanol–water partition coefficient (Wildman–Crippen LogP) is 2.30. The molecule has 0 N–H and O–H groups in total. The van der Waals surface area contributed by atoms with E-state index in [0.717, 1.165) is 15.8 Å². The van der Waals surface area contributed by atoms with Crippen LogP contribution in [-0.4, -0.2) is 13.6 Å². The number of aryl methyl sites for hydroxylation is 1. The zero-order valence-corrected chi connectivity index (χ0v) is 8.92. The first kappa shape index (κ1) is 10.1. The molecule has 0 spiro atoms. The van der Waals surface area contributed by atoms with Crippen LogP contribution in [0.5, 0.6) is 11.5 Å². The summed E-state index contributed by atoms with van der Waals surface area (Å²) in [4.78, 5) is 10.1. The molecule has 4 heteroatoms. The van der Waals surface area contributed by atoms with Gasteiger partial charge in [-0.25, -0.2) is 0 Å². The number of carbonyl (C=O) groups is 1. The Morgan fingerprint density at radius 1 is 1.38 bits per heavy atom. The molecule has 0 radical (unpaired) electrons. The molecular weight excluding hydrogens is 236 g/mol. The highest BCUT2D eigenvalue weighted by Crippen LogP contribution is 2.31. The van der Waals surface area contributed by atoms with E-state index in [1.165, 1.54) is 0 Å². The minimum atomic E-state index is 0.404. The van der Waals surface area contributed by atoms with Gasteiger partial charge in [-0.2, -0.15) is 0 Å². The van der Waals surface area contributed by atoms with Crippen LogP contribution in [0, 0.1) is 6.92 Å². The zero-order valence-electron chi connectivity index (χ0n) is 7.33. The van der Waals surface area contributed by atoms with Gasteiger partial charge in [-0.3, -0.25) is 4.79 Å². The van der Waals surface area contributed by atoms with Crippen molar-refractivity contribution in [3.63, 3.8) is 0 Å². The summed E-state index contributed by atoms with van der Waals surface area (Å²) in [6.07, 6.45) is 0. The summed E-state index contributed by atoms with van der Waals surface area (Å²) in [5, 5.41) is 0. The third-order valence-electron chi connectivity index (χ3n) is 1.62. The Balaban J connectivity index is 3.12. The highest BCUT2D eigenvalue weighted by atomic mass is 79.9. The maximum Gasteiger partial charge on any atom is 0.298 e. The lowest BCUT2D eigenvalue weighted by molar-refractivity contribution is -0.120. The predicted molar refractivity (Wildman–Crippen MR) is 52.1 cm³/mol. The lowest BCUT2D eigenvalue weighted by Gasteiger charge is -2.07. The van der Waals surface area contributed by atoms with E-state index in [0.29, 0.717) is 12.2 Å². The first-order chi connectivity index (χ1) is 6.19. The Morgan fingerprint density at radius 2 is 2.08 bits per heavy atom. The van der Waals surface area contributed by atoms with Gasteiger partial charge in [-0.05, 0) is 40.5 Å². The summed E-state index contributed by atoms with van der Waals surface area (Å²) < 4.78 is 10.6. The number of carbonyl (C=O) groups excluding carboxylic acids is 1. The molecular formula is C9H9BrO3. The minimum Gasteiger partial charge on any atom is -0.496 e. The van der Waals surface area contributed by atoms with Gasteiger partial charge >= 0.3 is 0 Å². The second-order valence-electron chi connectivity index (χ2n) is 2.47. The molecule has 0 heterocycles. The number of hydrogen-bond acceptors (Lipinski definition) is 3. The van der Waals surface area contributed by atoms with Crippen LogP contribution in [0.15, 0.2) is 16.6 Å². The van der Waals surface area contributed by atoms with Crippen molar-refractivity contribution >= 4 is 22.4 Å². The molecule has 0 aromatic heterocycles. The molecule has 0 aliphatic heterocycles. The van der Waals surface area contributed by atoms with Crippen LogP contribution in [0.3, 0.4) is 0 Å². The Bertz CT molecular complexity index is 323. The van der Waals surface area contributed by atoms with E-state index in [1.54, 1.807) is 19.2 Å². The topological polar surface area (TPSA) is 35.5 Å².